The first-order chi connectivity index (χ1) is 15.6. The highest BCUT2D eigenvalue weighted by Crippen LogP contribution is 2.40. The molecule has 0 aliphatic carbocycles. The van der Waals surface area contributed by atoms with E-state index < -0.39 is 17.7 Å². The van der Waals surface area contributed by atoms with Gasteiger partial charge in [0.05, 0.1) is 11.6 Å². The molecular weight excluding hydrogens is 436 g/mol. The predicted molar refractivity (Wildman–Crippen MR) is 133 cm³/mol. The second-order valence-electron chi connectivity index (χ2n) is 9.40. The van der Waals surface area contributed by atoms with Crippen LogP contribution < -0.4 is 0 Å². The van der Waals surface area contributed by atoms with Crippen LogP contribution in [0.1, 0.15) is 57.4 Å². The van der Waals surface area contributed by atoms with Gasteiger partial charge in [-0.05, 0) is 53.9 Å². The molecule has 0 saturated carbocycles. The fraction of sp³-hybridized carbons (Fsp3) is 0.407. The normalized spacial score (nSPS) is 18.4. The van der Waals surface area contributed by atoms with Crippen molar-refractivity contribution < 1.29 is 14.7 Å². The minimum atomic E-state index is -0.660. The van der Waals surface area contributed by atoms with Crippen molar-refractivity contribution in [2.24, 2.45) is 0 Å². The number of aliphatic hydroxyl groups excluding tert-OH is 1. The summed E-state index contributed by atoms with van der Waals surface area (Å²) in [6.45, 7) is 13.3. The number of Topliss-reactive ketones (excluding diaryl/α,β-unsaturated/α-hetero) is 1. The Hall–Kier alpha value is -2.63. The zero-order valence-corrected chi connectivity index (χ0v) is 20.8. The number of rotatable bonds is 7. The van der Waals surface area contributed by atoms with Gasteiger partial charge in [-0.15, -0.1) is 0 Å². The van der Waals surface area contributed by atoms with Gasteiger partial charge in [0.25, 0.3) is 11.7 Å². The Kier molecular flexibility index (Phi) is 7.65. The number of hydrogen-bond acceptors (Lipinski definition) is 4. The highest BCUT2D eigenvalue weighted by molar-refractivity contribution is 6.46. The van der Waals surface area contributed by atoms with E-state index >= 15 is 0 Å². The van der Waals surface area contributed by atoms with Crippen molar-refractivity contribution in [1.29, 1.82) is 0 Å². The van der Waals surface area contributed by atoms with Crippen LogP contribution in [0.2, 0.25) is 5.02 Å². The average Bonchev–Trinajstić information content (AvgIpc) is 3.04. The van der Waals surface area contributed by atoms with E-state index in [1.54, 1.807) is 29.2 Å². The van der Waals surface area contributed by atoms with Gasteiger partial charge in [0, 0.05) is 23.7 Å². The number of likely N-dealkylation sites (N-methyl/N-ethyl adjacent to an activating group) is 1. The van der Waals surface area contributed by atoms with Crippen molar-refractivity contribution in [1.82, 2.24) is 9.80 Å². The maximum atomic E-state index is 13.1. The Morgan fingerprint density at radius 2 is 1.58 bits per heavy atom. The lowest BCUT2D eigenvalue weighted by Gasteiger charge is -2.28. The Bertz CT molecular complexity index is 1030. The maximum absolute atomic E-state index is 13.1. The molecule has 0 unspecified atom stereocenters. The quantitative estimate of drug-likeness (QED) is 0.335. The van der Waals surface area contributed by atoms with Crippen LogP contribution in [0.5, 0.6) is 0 Å². The molecule has 1 heterocycles. The van der Waals surface area contributed by atoms with Gasteiger partial charge in [0.2, 0.25) is 0 Å². The van der Waals surface area contributed by atoms with Crippen molar-refractivity contribution in [3.8, 4) is 0 Å². The molecule has 2 aromatic rings. The third kappa shape index (κ3) is 5.31. The lowest BCUT2D eigenvalue weighted by atomic mass is 9.85. The van der Waals surface area contributed by atoms with Crippen molar-refractivity contribution in [2.75, 3.05) is 26.2 Å². The summed E-state index contributed by atoms with van der Waals surface area (Å²) in [6.07, 6.45) is 0. The van der Waals surface area contributed by atoms with Gasteiger partial charge < -0.3 is 14.9 Å². The molecule has 0 radical (unpaired) electrons. The van der Waals surface area contributed by atoms with Crippen LogP contribution in [0, 0.1) is 0 Å². The number of aliphatic hydroxyl groups is 1. The van der Waals surface area contributed by atoms with Crippen molar-refractivity contribution in [3.05, 3.63) is 75.8 Å². The van der Waals surface area contributed by atoms with Gasteiger partial charge >= 0.3 is 0 Å². The van der Waals surface area contributed by atoms with Gasteiger partial charge in [0.15, 0.2) is 0 Å². The number of amides is 1. The number of hydrogen-bond donors (Lipinski definition) is 1. The summed E-state index contributed by atoms with van der Waals surface area (Å²) >= 11 is 5.99. The topological polar surface area (TPSA) is 60.9 Å². The smallest absolute Gasteiger partial charge is 0.295 e. The molecular formula is C27H33ClN2O3. The third-order valence-electron chi connectivity index (χ3n) is 6.30. The summed E-state index contributed by atoms with van der Waals surface area (Å²) in [5.41, 5.74) is 2.51. The van der Waals surface area contributed by atoms with Gasteiger partial charge in [-0.2, -0.15) is 0 Å². The second-order valence-corrected chi connectivity index (χ2v) is 9.83. The zero-order valence-electron chi connectivity index (χ0n) is 20.1. The molecule has 176 valence electrons. The number of likely N-dealkylation sites (tertiary alicyclic amines) is 1. The molecule has 2 aromatic carbocycles. The van der Waals surface area contributed by atoms with Gasteiger partial charge in [-0.3, -0.25) is 9.59 Å². The molecule has 3 rings (SSSR count). The molecule has 1 amide bonds. The Morgan fingerprint density at radius 3 is 2.09 bits per heavy atom. The number of ketones is 1. The summed E-state index contributed by atoms with van der Waals surface area (Å²) in [4.78, 5) is 30.0. The second kappa shape index (κ2) is 10.1. The lowest BCUT2D eigenvalue weighted by molar-refractivity contribution is -0.140. The molecule has 1 atom stereocenters. The molecule has 0 spiro atoms. The fourth-order valence-electron chi connectivity index (χ4n) is 4.17. The minimum Gasteiger partial charge on any atom is -0.507 e. The van der Waals surface area contributed by atoms with E-state index in [0.717, 1.165) is 24.2 Å². The van der Waals surface area contributed by atoms with E-state index in [0.29, 0.717) is 23.7 Å². The molecule has 0 bridgehead atoms. The maximum Gasteiger partial charge on any atom is 0.295 e. The highest BCUT2D eigenvalue weighted by atomic mass is 35.5. The standard InChI is InChI=1S/C27H33ClN2O3/c1-6-29(7-2)16-17-30-23(18-8-12-20(13-9-18)27(3,4)5)22(25(32)26(30)33)24(31)19-10-14-21(28)15-11-19/h8-15,23,31H,6-7,16-17H2,1-5H3/b24-22+/t23-/m1/s1. The number of halogens is 1. The van der Waals surface area contributed by atoms with E-state index in [1.807, 2.05) is 24.3 Å². The van der Waals surface area contributed by atoms with Crippen LogP contribution in [0.25, 0.3) is 5.76 Å². The number of carbonyl (C=O) groups excluding carboxylic acids is 2. The Morgan fingerprint density at radius 1 is 1.00 bits per heavy atom. The van der Waals surface area contributed by atoms with Crippen LogP contribution in [0.3, 0.4) is 0 Å². The first-order valence-corrected chi connectivity index (χ1v) is 11.8. The van der Waals surface area contributed by atoms with Crippen LogP contribution in [-0.2, 0) is 15.0 Å². The van der Waals surface area contributed by atoms with Gasteiger partial charge in [-0.25, -0.2) is 0 Å². The van der Waals surface area contributed by atoms with E-state index in [4.69, 9.17) is 11.6 Å². The van der Waals surface area contributed by atoms with Crippen LogP contribution in [-0.4, -0.2) is 52.8 Å². The summed E-state index contributed by atoms with van der Waals surface area (Å²) in [7, 11) is 0. The first-order valence-electron chi connectivity index (χ1n) is 11.5. The molecule has 1 fully saturated rings. The number of nitrogens with zero attached hydrogens (tertiary/aromatic N) is 2. The molecule has 1 aliphatic heterocycles. The van der Waals surface area contributed by atoms with Crippen LogP contribution >= 0.6 is 11.6 Å². The van der Waals surface area contributed by atoms with Crippen molar-refractivity contribution in [2.45, 2.75) is 46.1 Å². The average molecular weight is 469 g/mol. The minimum absolute atomic E-state index is 0.0214. The van der Waals surface area contributed by atoms with Crippen molar-refractivity contribution in [3.63, 3.8) is 0 Å². The SMILES string of the molecule is CCN(CC)CCN1C(=O)C(=O)/C(=C(/O)c2ccc(Cl)cc2)[C@H]1c1ccc(C(C)(C)C)cc1. The van der Waals surface area contributed by atoms with Gasteiger partial charge in [0.1, 0.15) is 5.76 Å². The Labute approximate surface area is 201 Å². The van der Waals surface area contributed by atoms with Crippen molar-refractivity contribution >= 4 is 29.1 Å². The lowest BCUT2D eigenvalue weighted by Crippen LogP contribution is -2.38. The fourth-order valence-corrected chi connectivity index (χ4v) is 4.30. The predicted octanol–water partition coefficient (Wildman–Crippen LogP) is 5.40. The Balaban J connectivity index is 2.10. The van der Waals surface area contributed by atoms with E-state index in [-0.39, 0.29) is 16.7 Å². The van der Waals surface area contributed by atoms with Crippen LogP contribution in [0.4, 0.5) is 0 Å². The van der Waals surface area contributed by atoms with E-state index in [9.17, 15) is 14.7 Å². The van der Waals surface area contributed by atoms with E-state index in [2.05, 4.69) is 39.5 Å². The van der Waals surface area contributed by atoms with Gasteiger partial charge in [-0.1, -0.05) is 70.5 Å². The molecule has 1 aliphatic rings. The van der Waals surface area contributed by atoms with Crippen LogP contribution in [0.15, 0.2) is 54.1 Å². The van der Waals surface area contributed by atoms with E-state index in [1.165, 1.54) is 0 Å². The molecule has 5 nitrogen and oxygen atoms in total. The highest BCUT2D eigenvalue weighted by Gasteiger charge is 2.46. The molecule has 6 heteroatoms. The summed E-state index contributed by atoms with van der Waals surface area (Å²) in [5, 5.41) is 11.7. The number of carbonyl (C=O) groups is 2. The summed E-state index contributed by atoms with van der Waals surface area (Å²) in [5.74, 6) is -1.42. The summed E-state index contributed by atoms with van der Waals surface area (Å²) in [6, 6.07) is 13.9. The first kappa shape index (κ1) is 25.0. The largest absolute Gasteiger partial charge is 0.507 e. The third-order valence-corrected chi connectivity index (χ3v) is 6.55. The summed E-state index contributed by atoms with van der Waals surface area (Å²) < 4.78 is 0. The zero-order chi connectivity index (χ0) is 24.3. The molecule has 33 heavy (non-hydrogen) atoms. The molecule has 1 N–H and O–H groups in total. The molecule has 1 saturated heterocycles. The monoisotopic (exact) mass is 468 g/mol. The molecule has 0 aromatic heterocycles. The number of benzene rings is 2.